The summed E-state index contributed by atoms with van der Waals surface area (Å²) in [5, 5.41) is 13.2. The van der Waals surface area contributed by atoms with Crippen LogP contribution in [0.3, 0.4) is 0 Å². The number of methoxy groups -OCH3 is 1. The highest BCUT2D eigenvalue weighted by atomic mass is 79.9. The van der Waals surface area contributed by atoms with Crippen LogP contribution in [0.1, 0.15) is 5.56 Å². The molecule has 2 amide bonds. The number of primary amides is 1. The predicted molar refractivity (Wildman–Crippen MR) is 62.7 cm³/mol. The van der Waals surface area contributed by atoms with Crippen LogP contribution in [0.4, 0.5) is 4.79 Å². The maximum atomic E-state index is 10.4. The first-order chi connectivity index (χ1) is 7.54. The molecule has 1 aromatic carbocycles. The normalized spacial score (nSPS) is 10.4. The van der Waals surface area contributed by atoms with Gasteiger partial charge in [-0.2, -0.15) is 5.10 Å². The van der Waals surface area contributed by atoms with Gasteiger partial charge in [0.25, 0.3) is 0 Å². The van der Waals surface area contributed by atoms with Gasteiger partial charge in [-0.25, -0.2) is 10.2 Å². The molecule has 16 heavy (non-hydrogen) atoms. The number of nitrogens with two attached hydrogens (primary N) is 1. The van der Waals surface area contributed by atoms with Crippen LogP contribution in [0.25, 0.3) is 0 Å². The van der Waals surface area contributed by atoms with E-state index in [-0.39, 0.29) is 5.75 Å². The summed E-state index contributed by atoms with van der Waals surface area (Å²) in [6.45, 7) is 0. The van der Waals surface area contributed by atoms with Crippen molar-refractivity contribution >= 4 is 28.2 Å². The number of phenols is 1. The molecule has 0 aromatic heterocycles. The lowest BCUT2D eigenvalue weighted by molar-refractivity contribution is 0.249. The first kappa shape index (κ1) is 12.3. The molecule has 0 atom stereocenters. The summed E-state index contributed by atoms with van der Waals surface area (Å²) >= 11 is 3.24. The Bertz CT molecular complexity index is 434. The molecule has 86 valence electrons. The van der Waals surface area contributed by atoms with Crippen molar-refractivity contribution in [3.8, 4) is 11.5 Å². The lowest BCUT2D eigenvalue weighted by Crippen LogP contribution is -2.24. The molecule has 0 radical (unpaired) electrons. The van der Waals surface area contributed by atoms with Crippen molar-refractivity contribution in [2.24, 2.45) is 10.8 Å². The van der Waals surface area contributed by atoms with Crippen molar-refractivity contribution in [2.45, 2.75) is 0 Å². The van der Waals surface area contributed by atoms with Crippen LogP contribution < -0.4 is 15.9 Å². The molecule has 0 unspecified atom stereocenters. The molecule has 0 aliphatic rings. The number of hydrogen-bond donors (Lipinski definition) is 3. The third kappa shape index (κ3) is 3.13. The van der Waals surface area contributed by atoms with Gasteiger partial charge in [-0.15, -0.1) is 0 Å². The number of benzene rings is 1. The summed E-state index contributed by atoms with van der Waals surface area (Å²) in [6.07, 6.45) is 1.26. The van der Waals surface area contributed by atoms with E-state index >= 15 is 0 Å². The molecule has 0 saturated carbocycles. The molecule has 7 heteroatoms. The molecule has 4 N–H and O–H groups in total. The van der Waals surface area contributed by atoms with Gasteiger partial charge >= 0.3 is 6.03 Å². The molecular weight excluding hydrogens is 278 g/mol. The zero-order chi connectivity index (χ0) is 12.1. The topological polar surface area (TPSA) is 96.9 Å². The molecule has 0 heterocycles. The number of ether oxygens (including phenoxy) is 1. The molecule has 0 fully saturated rings. The van der Waals surface area contributed by atoms with Gasteiger partial charge < -0.3 is 15.6 Å². The van der Waals surface area contributed by atoms with Gasteiger partial charge in [0.2, 0.25) is 0 Å². The summed E-state index contributed by atoms with van der Waals surface area (Å²) in [7, 11) is 1.43. The Kier molecular flexibility index (Phi) is 4.12. The van der Waals surface area contributed by atoms with Crippen molar-refractivity contribution in [2.75, 3.05) is 7.11 Å². The molecule has 1 aromatic rings. The average Bonchev–Trinajstić information content (AvgIpc) is 2.22. The number of carbonyl (C=O) groups is 1. The second-order valence-corrected chi connectivity index (χ2v) is 3.70. The number of halogens is 1. The molecule has 0 saturated heterocycles. The number of carbonyl (C=O) groups excluding carboxylic acids is 1. The van der Waals surface area contributed by atoms with E-state index in [0.29, 0.717) is 15.8 Å². The van der Waals surface area contributed by atoms with E-state index in [1.165, 1.54) is 13.3 Å². The summed E-state index contributed by atoms with van der Waals surface area (Å²) in [5.74, 6) is 0.232. The van der Waals surface area contributed by atoms with E-state index in [1.54, 1.807) is 12.1 Å². The Hall–Kier alpha value is -1.76. The smallest absolute Gasteiger partial charge is 0.332 e. The standard InChI is InChI=1S/C9H10BrN3O3/c1-16-7-3-6(10)2-5(8(7)14)4-12-13-9(11)15/h2-4,14H,1H3,(H3,11,13,15). The average molecular weight is 288 g/mol. The molecule has 0 aliphatic heterocycles. The Balaban J connectivity index is 2.99. The molecule has 0 spiro atoms. The molecule has 6 nitrogen and oxygen atoms in total. The van der Waals surface area contributed by atoms with E-state index in [2.05, 4.69) is 21.0 Å². The summed E-state index contributed by atoms with van der Waals surface area (Å²) in [5.41, 5.74) is 7.23. The van der Waals surface area contributed by atoms with Crippen LogP contribution in [0, 0.1) is 0 Å². The lowest BCUT2D eigenvalue weighted by atomic mass is 10.2. The fourth-order valence-electron chi connectivity index (χ4n) is 1.01. The van der Waals surface area contributed by atoms with E-state index < -0.39 is 6.03 Å². The van der Waals surface area contributed by atoms with Gasteiger partial charge in [0.1, 0.15) is 0 Å². The maximum absolute atomic E-state index is 10.4. The Morgan fingerprint density at radius 1 is 1.69 bits per heavy atom. The maximum Gasteiger partial charge on any atom is 0.332 e. The summed E-state index contributed by atoms with van der Waals surface area (Å²) < 4.78 is 5.65. The number of rotatable bonds is 3. The van der Waals surface area contributed by atoms with Gasteiger partial charge in [0, 0.05) is 10.0 Å². The fraction of sp³-hybridized carbons (Fsp3) is 0.111. The van der Waals surface area contributed by atoms with Gasteiger partial charge in [0.15, 0.2) is 11.5 Å². The highest BCUT2D eigenvalue weighted by Crippen LogP contribution is 2.32. The van der Waals surface area contributed by atoms with Crippen LogP contribution in [0.15, 0.2) is 21.7 Å². The number of urea groups is 1. The minimum atomic E-state index is -0.780. The largest absolute Gasteiger partial charge is 0.504 e. The summed E-state index contributed by atoms with van der Waals surface area (Å²) in [4.78, 5) is 10.4. The van der Waals surface area contributed by atoms with Crippen LogP contribution >= 0.6 is 15.9 Å². The third-order valence-electron chi connectivity index (χ3n) is 1.67. The zero-order valence-electron chi connectivity index (χ0n) is 8.40. The molecular formula is C9H10BrN3O3. The highest BCUT2D eigenvalue weighted by Gasteiger charge is 2.07. The van der Waals surface area contributed by atoms with Crippen LogP contribution in [0.5, 0.6) is 11.5 Å². The second-order valence-electron chi connectivity index (χ2n) is 2.78. The molecule has 1 rings (SSSR count). The number of hydrogen-bond acceptors (Lipinski definition) is 4. The van der Waals surface area contributed by atoms with Crippen LogP contribution in [-0.2, 0) is 0 Å². The Morgan fingerprint density at radius 2 is 2.38 bits per heavy atom. The minimum absolute atomic E-state index is 0.0688. The zero-order valence-corrected chi connectivity index (χ0v) is 9.98. The van der Waals surface area contributed by atoms with Crippen molar-refractivity contribution in [3.05, 3.63) is 22.2 Å². The minimum Gasteiger partial charge on any atom is -0.504 e. The van der Waals surface area contributed by atoms with E-state index in [9.17, 15) is 9.90 Å². The van der Waals surface area contributed by atoms with Crippen molar-refractivity contribution < 1.29 is 14.6 Å². The summed E-state index contributed by atoms with van der Waals surface area (Å²) in [6, 6.07) is 2.44. The number of hydrazone groups is 1. The first-order valence-electron chi connectivity index (χ1n) is 4.19. The van der Waals surface area contributed by atoms with E-state index in [0.717, 1.165) is 0 Å². The first-order valence-corrected chi connectivity index (χ1v) is 4.99. The van der Waals surface area contributed by atoms with Crippen molar-refractivity contribution in [1.82, 2.24) is 5.43 Å². The third-order valence-corrected chi connectivity index (χ3v) is 2.13. The quantitative estimate of drug-likeness (QED) is 0.575. The Labute approximate surface area is 100 Å². The van der Waals surface area contributed by atoms with Crippen LogP contribution in [-0.4, -0.2) is 24.5 Å². The Morgan fingerprint density at radius 3 is 2.94 bits per heavy atom. The number of nitrogens with one attached hydrogen (secondary N) is 1. The number of phenolic OH excluding ortho intramolecular Hbond substituents is 1. The predicted octanol–water partition coefficient (Wildman–Crippen LogP) is 1.17. The van der Waals surface area contributed by atoms with Gasteiger partial charge in [-0.05, 0) is 12.1 Å². The van der Waals surface area contributed by atoms with Gasteiger partial charge in [-0.1, -0.05) is 15.9 Å². The number of nitrogens with zero attached hydrogens (tertiary/aromatic N) is 1. The SMILES string of the molecule is COc1cc(Br)cc(C=NNC(N)=O)c1O. The van der Waals surface area contributed by atoms with Crippen molar-refractivity contribution in [3.63, 3.8) is 0 Å². The second kappa shape index (κ2) is 5.36. The number of aromatic hydroxyl groups is 1. The molecule has 0 bridgehead atoms. The number of amides is 2. The van der Waals surface area contributed by atoms with Gasteiger partial charge in [0.05, 0.1) is 13.3 Å². The van der Waals surface area contributed by atoms with Crippen LogP contribution in [0.2, 0.25) is 0 Å². The molecule has 0 aliphatic carbocycles. The van der Waals surface area contributed by atoms with Crippen molar-refractivity contribution in [1.29, 1.82) is 0 Å². The van der Waals surface area contributed by atoms with E-state index in [4.69, 9.17) is 10.5 Å². The monoisotopic (exact) mass is 287 g/mol. The van der Waals surface area contributed by atoms with E-state index in [1.807, 2.05) is 5.43 Å². The van der Waals surface area contributed by atoms with Gasteiger partial charge in [-0.3, -0.25) is 0 Å². The highest BCUT2D eigenvalue weighted by molar-refractivity contribution is 9.10. The fourth-order valence-corrected chi connectivity index (χ4v) is 1.47. The lowest BCUT2D eigenvalue weighted by Gasteiger charge is -2.06.